The third-order valence-electron chi connectivity index (χ3n) is 3.10. The normalized spacial score (nSPS) is 9.84. The largest absolute Gasteiger partial charge is 0.366 e. The van der Waals surface area contributed by atoms with Gasteiger partial charge in [0.2, 0.25) is 11.8 Å². The zero-order chi connectivity index (χ0) is 18.4. The molecule has 0 aliphatic carbocycles. The van der Waals surface area contributed by atoms with Crippen LogP contribution in [0.4, 0.5) is 11.5 Å². The predicted molar refractivity (Wildman–Crippen MR) is 95.2 cm³/mol. The van der Waals surface area contributed by atoms with E-state index in [1.165, 1.54) is 24.4 Å². The Balaban J connectivity index is 2.04. The van der Waals surface area contributed by atoms with Crippen molar-refractivity contribution in [2.24, 2.45) is 5.73 Å². The van der Waals surface area contributed by atoms with Gasteiger partial charge in [-0.15, -0.1) is 0 Å². The van der Waals surface area contributed by atoms with E-state index in [9.17, 15) is 14.4 Å². The van der Waals surface area contributed by atoms with E-state index in [0.717, 1.165) is 5.57 Å². The Hall–Kier alpha value is -3.48. The Morgan fingerprint density at radius 1 is 1.04 bits per heavy atom. The Morgan fingerprint density at radius 2 is 1.76 bits per heavy atom. The molecule has 25 heavy (non-hydrogen) atoms. The summed E-state index contributed by atoms with van der Waals surface area (Å²) >= 11 is 0. The average molecular weight is 338 g/mol. The lowest BCUT2D eigenvalue weighted by atomic mass is 10.1. The third kappa shape index (κ3) is 5.28. The highest BCUT2D eigenvalue weighted by Crippen LogP contribution is 2.12. The molecule has 0 aliphatic heterocycles. The van der Waals surface area contributed by atoms with E-state index < -0.39 is 11.8 Å². The molecule has 0 bridgehead atoms. The van der Waals surface area contributed by atoms with E-state index in [4.69, 9.17) is 5.73 Å². The number of aromatic nitrogens is 1. The molecule has 3 amide bonds. The Bertz CT molecular complexity index is 838. The zero-order valence-corrected chi connectivity index (χ0v) is 13.9. The first kappa shape index (κ1) is 17.9. The summed E-state index contributed by atoms with van der Waals surface area (Å²) in [5.41, 5.74) is 7.09. The van der Waals surface area contributed by atoms with Crippen LogP contribution in [0.3, 0.4) is 0 Å². The monoisotopic (exact) mass is 338 g/mol. The van der Waals surface area contributed by atoms with E-state index in [0.29, 0.717) is 17.1 Å². The summed E-state index contributed by atoms with van der Waals surface area (Å²) in [6.45, 7) is 3.64. The van der Waals surface area contributed by atoms with Gasteiger partial charge < -0.3 is 16.4 Å². The van der Waals surface area contributed by atoms with Crippen LogP contribution in [0.5, 0.6) is 0 Å². The zero-order valence-electron chi connectivity index (χ0n) is 13.9. The summed E-state index contributed by atoms with van der Waals surface area (Å²) in [4.78, 5) is 39.1. The number of carbonyl (C=O) groups is 3. The van der Waals surface area contributed by atoms with Gasteiger partial charge in [0.15, 0.2) is 0 Å². The van der Waals surface area contributed by atoms with Gasteiger partial charge in [-0.05, 0) is 44.2 Å². The Kier molecular flexibility index (Phi) is 5.62. The fourth-order valence-electron chi connectivity index (χ4n) is 1.98. The topological polar surface area (TPSA) is 114 Å². The van der Waals surface area contributed by atoms with Crippen molar-refractivity contribution in [1.82, 2.24) is 4.98 Å². The molecule has 4 N–H and O–H groups in total. The van der Waals surface area contributed by atoms with Crippen molar-refractivity contribution in [3.05, 3.63) is 65.4 Å². The maximum absolute atomic E-state index is 12.2. The summed E-state index contributed by atoms with van der Waals surface area (Å²) < 4.78 is 0. The van der Waals surface area contributed by atoms with E-state index in [1.54, 1.807) is 24.3 Å². The van der Waals surface area contributed by atoms with Crippen LogP contribution in [-0.2, 0) is 4.79 Å². The molecule has 0 spiro atoms. The van der Waals surface area contributed by atoms with Crippen LogP contribution >= 0.6 is 0 Å². The quantitative estimate of drug-likeness (QED) is 0.726. The predicted octanol–water partition coefficient (Wildman–Crippen LogP) is 2.34. The summed E-state index contributed by atoms with van der Waals surface area (Å²) in [6.07, 6.45) is 2.89. The highest BCUT2D eigenvalue weighted by atomic mass is 16.2. The molecule has 0 radical (unpaired) electrons. The molecular weight excluding hydrogens is 320 g/mol. The number of carbonyl (C=O) groups excluding carboxylic acids is 3. The van der Waals surface area contributed by atoms with Crippen LogP contribution in [0.15, 0.2) is 54.2 Å². The third-order valence-corrected chi connectivity index (χ3v) is 3.10. The number of pyridine rings is 1. The highest BCUT2D eigenvalue weighted by molar-refractivity contribution is 6.06. The average Bonchev–Trinajstić information content (AvgIpc) is 2.56. The van der Waals surface area contributed by atoms with Crippen LogP contribution in [0.25, 0.3) is 0 Å². The molecule has 1 heterocycles. The minimum absolute atomic E-state index is 0.253. The van der Waals surface area contributed by atoms with E-state index in [1.807, 2.05) is 13.8 Å². The number of rotatable bonds is 5. The van der Waals surface area contributed by atoms with Gasteiger partial charge in [-0.25, -0.2) is 4.98 Å². The smallest absolute Gasteiger partial charge is 0.255 e. The van der Waals surface area contributed by atoms with Gasteiger partial charge in [0.05, 0.1) is 11.9 Å². The van der Waals surface area contributed by atoms with Crippen molar-refractivity contribution >= 4 is 29.2 Å². The fraction of sp³-hybridized carbons (Fsp3) is 0.111. The van der Waals surface area contributed by atoms with Gasteiger partial charge in [0, 0.05) is 17.2 Å². The molecule has 0 fully saturated rings. The number of benzene rings is 1. The first-order valence-electron chi connectivity index (χ1n) is 7.48. The van der Waals surface area contributed by atoms with E-state index >= 15 is 0 Å². The first-order valence-corrected chi connectivity index (χ1v) is 7.48. The lowest BCUT2D eigenvalue weighted by molar-refractivity contribution is -0.112. The number of nitrogens with one attached hydrogen (secondary N) is 2. The van der Waals surface area contributed by atoms with E-state index in [2.05, 4.69) is 15.6 Å². The summed E-state index contributed by atoms with van der Waals surface area (Å²) in [5.74, 6) is -0.900. The number of nitrogens with zero attached hydrogens (tertiary/aromatic N) is 1. The van der Waals surface area contributed by atoms with Gasteiger partial charge in [-0.3, -0.25) is 14.4 Å². The molecule has 2 aromatic rings. The maximum Gasteiger partial charge on any atom is 0.255 e. The van der Waals surface area contributed by atoms with Crippen molar-refractivity contribution in [2.75, 3.05) is 10.6 Å². The van der Waals surface area contributed by atoms with Crippen LogP contribution in [0.1, 0.15) is 34.6 Å². The van der Waals surface area contributed by atoms with Gasteiger partial charge in [-0.1, -0.05) is 11.6 Å². The standard InChI is InChI=1S/C18H18N4O3/c1-11(2)8-16(23)22-15-7-6-14(10-20-15)21-18(25)13-5-3-4-12(9-13)17(19)24/h3-10H,1-2H3,(H2,19,24)(H,21,25)(H,20,22,23). The summed E-state index contributed by atoms with van der Waals surface area (Å²) in [7, 11) is 0. The van der Waals surface area contributed by atoms with Crippen molar-refractivity contribution in [3.63, 3.8) is 0 Å². The molecule has 0 saturated carbocycles. The molecule has 0 unspecified atom stereocenters. The van der Waals surface area contributed by atoms with Crippen molar-refractivity contribution < 1.29 is 14.4 Å². The number of anilines is 2. The minimum atomic E-state index is -0.604. The SMILES string of the molecule is CC(C)=CC(=O)Nc1ccc(NC(=O)c2cccc(C(N)=O)c2)cn1. The maximum atomic E-state index is 12.2. The molecule has 0 aliphatic rings. The Morgan fingerprint density at radius 3 is 2.36 bits per heavy atom. The van der Waals surface area contributed by atoms with Gasteiger partial charge in [-0.2, -0.15) is 0 Å². The number of amides is 3. The van der Waals surface area contributed by atoms with Crippen molar-refractivity contribution in [1.29, 1.82) is 0 Å². The summed E-state index contributed by atoms with van der Waals surface area (Å²) in [5, 5.41) is 5.27. The van der Waals surface area contributed by atoms with Crippen LogP contribution in [-0.4, -0.2) is 22.7 Å². The van der Waals surface area contributed by atoms with Crippen LogP contribution in [0, 0.1) is 0 Å². The van der Waals surface area contributed by atoms with E-state index in [-0.39, 0.29) is 11.5 Å². The second-order valence-electron chi connectivity index (χ2n) is 5.54. The minimum Gasteiger partial charge on any atom is -0.366 e. The molecule has 128 valence electrons. The Labute approximate surface area is 144 Å². The number of primary amides is 1. The molecular formula is C18H18N4O3. The fourth-order valence-corrected chi connectivity index (χ4v) is 1.98. The number of hydrogen-bond donors (Lipinski definition) is 3. The molecule has 7 nitrogen and oxygen atoms in total. The molecule has 1 aromatic heterocycles. The number of allylic oxidation sites excluding steroid dienone is 1. The highest BCUT2D eigenvalue weighted by Gasteiger charge is 2.09. The lowest BCUT2D eigenvalue weighted by Gasteiger charge is -2.07. The number of hydrogen-bond acceptors (Lipinski definition) is 4. The molecule has 0 saturated heterocycles. The molecule has 7 heteroatoms. The van der Waals surface area contributed by atoms with Gasteiger partial charge >= 0.3 is 0 Å². The van der Waals surface area contributed by atoms with Crippen molar-refractivity contribution in [2.45, 2.75) is 13.8 Å². The van der Waals surface area contributed by atoms with Crippen LogP contribution < -0.4 is 16.4 Å². The molecule has 1 aromatic carbocycles. The van der Waals surface area contributed by atoms with Gasteiger partial charge in [0.25, 0.3) is 5.91 Å². The second-order valence-corrected chi connectivity index (χ2v) is 5.54. The molecule has 2 rings (SSSR count). The number of nitrogens with two attached hydrogens (primary N) is 1. The lowest BCUT2D eigenvalue weighted by Crippen LogP contribution is -2.15. The molecule has 0 atom stereocenters. The first-order chi connectivity index (χ1) is 11.8. The van der Waals surface area contributed by atoms with Crippen LogP contribution in [0.2, 0.25) is 0 Å². The second kappa shape index (κ2) is 7.87. The van der Waals surface area contributed by atoms with Crippen molar-refractivity contribution in [3.8, 4) is 0 Å². The van der Waals surface area contributed by atoms with Gasteiger partial charge in [0.1, 0.15) is 5.82 Å². The summed E-state index contributed by atoms with van der Waals surface area (Å²) in [6, 6.07) is 9.29.